The molecule has 0 radical (unpaired) electrons. The summed E-state index contributed by atoms with van der Waals surface area (Å²) >= 11 is 0. The van der Waals surface area contributed by atoms with Gasteiger partial charge in [0, 0.05) is 23.1 Å². The third kappa shape index (κ3) is 6.56. The van der Waals surface area contributed by atoms with Crippen molar-refractivity contribution in [2.75, 3.05) is 4.90 Å². The van der Waals surface area contributed by atoms with Crippen LogP contribution in [0.2, 0.25) is 0 Å². The Hall–Kier alpha value is -6.45. The van der Waals surface area contributed by atoms with Gasteiger partial charge >= 0.3 is 0 Å². The van der Waals surface area contributed by atoms with Gasteiger partial charge in [0.2, 0.25) is 0 Å². The van der Waals surface area contributed by atoms with Crippen LogP contribution in [0.3, 0.4) is 0 Å². The molecule has 0 saturated carbocycles. The Morgan fingerprint density at radius 2 is 0.755 bits per heavy atom. The number of anilines is 3. The van der Waals surface area contributed by atoms with E-state index in [4.69, 9.17) is 10.3 Å². The number of aliphatic imine (C=N–C) groups is 1. The van der Waals surface area contributed by atoms with Crippen molar-refractivity contribution in [3.05, 3.63) is 222 Å². The zero-order chi connectivity index (χ0) is 32.8. The highest BCUT2D eigenvalue weighted by molar-refractivity contribution is 6.12. The smallest absolute Gasteiger partial charge is 0.0462 e. The highest BCUT2D eigenvalue weighted by Gasteiger charge is 2.14. The first-order valence-electron chi connectivity index (χ1n) is 16.6. The standard InChI is InChI=1S/C46H34N3/c1-5-13-34(14-6-1)35-21-25-39(26-22-35)45-33-44(38-15-7-2-8-16-38)47-46(48-45)40-27-23-36(24-28-40)37-29-31-43(32-30-37)49(41-17-9-3-10-18-41)42-19-11-4-12-20-42/h1-33,44H/q-1. The van der Waals surface area contributed by atoms with E-state index in [1.807, 2.05) is 24.3 Å². The maximum atomic E-state index is 5.12. The average molecular weight is 629 g/mol. The van der Waals surface area contributed by atoms with Crippen LogP contribution < -0.4 is 4.90 Å². The molecule has 0 N–H and O–H groups in total. The molecule has 1 heterocycles. The minimum atomic E-state index is -0.123. The molecule has 0 aromatic heterocycles. The van der Waals surface area contributed by atoms with E-state index in [-0.39, 0.29) is 6.04 Å². The molecular formula is C46H34N3-. The Bertz CT molecular complexity index is 2150. The van der Waals surface area contributed by atoms with Crippen LogP contribution in [0.15, 0.2) is 205 Å². The van der Waals surface area contributed by atoms with Crippen LogP contribution in [0.4, 0.5) is 17.1 Å². The van der Waals surface area contributed by atoms with E-state index >= 15 is 0 Å². The van der Waals surface area contributed by atoms with E-state index in [2.05, 4.69) is 181 Å². The zero-order valence-corrected chi connectivity index (χ0v) is 27.0. The monoisotopic (exact) mass is 628 g/mol. The predicted molar refractivity (Wildman–Crippen MR) is 205 cm³/mol. The first-order valence-corrected chi connectivity index (χ1v) is 16.6. The van der Waals surface area contributed by atoms with Crippen LogP contribution in [0.1, 0.15) is 22.7 Å². The van der Waals surface area contributed by atoms with Crippen molar-refractivity contribution < 1.29 is 0 Å². The molecular weight excluding hydrogens is 595 g/mol. The van der Waals surface area contributed by atoms with Crippen molar-refractivity contribution in [3.8, 4) is 22.3 Å². The van der Waals surface area contributed by atoms with E-state index in [1.165, 1.54) is 11.1 Å². The SMILES string of the molecule is C1=C(c2ccc(-c3ccccc3)cc2)N=C(c2ccc(-c3ccc(N(c4ccccc4)c4ccccc4)cc3)cc2)[N-]C1c1ccccc1. The second-order valence-corrected chi connectivity index (χ2v) is 12.0. The van der Waals surface area contributed by atoms with Gasteiger partial charge in [-0.1, -0.05) is 170 Å². The highest BCUT2D eigenvalue weighted by atomic mass is 15.1. The number of hydrogen-bond acceptors (Lipinski definition) is 2. The van der Waals surface area contributed by atoms with Gasteiger partial charge < -0.3 is 15.2 Å². The number of hydrogen-bond donors (Lipinski definition) is 0. The van der Waals surface area contributed by atoms with Crippen LogP contribution in [0.25, 0.3) is 33.3 Å². The van der Waals surface area contributed by atoms with Gasteiger partial charge in [0.25, 0.3) is 0 Å². The Labute approximate surface area is 288 Å². The summed E-state index contributed by atoms with van der Waals surface area (Å²) in [7, 11) is 0. The number of nitrogens with zero attached hydrogens (tertiary/aromatic N) is 3. The molecule has 49 heavy (non-hydrogen) atoms. The van der Waals surface area contributed by atoms with Crippen molar-refractivity contribution in [3.63, 3.8) is 0 Å². The lowest BCUT2D eigenvalue weighted by Crippen LogP contribution is -2.10. The topological polar surface area (TPSA) is 29.7 Å². The molecule has 7 aromatic rings. The summed E-state index contributed by atoms with van der Waals surface area (Å²) in [5.41, 5.74) is 12.2. The van der Waals surface area contributed by atoms with Crippen LogP contribution in [-0.4, -0.2) is 5.84 Å². The maximum absolute atomic E-state index is 5.12. The molecule has 1 aliphatic heterocycles. The number of para-hydroxylation sites is 2. The summed E-state index contributed by atoms with van der Waals surface area (Å²) in [5, 5.41) is 5.12. The number of benzene rings is 7. The molecule has 8 rings (SSSR count). The molecule has 1 atom stereocenters. The van der Waals surface area contributed by atoms with Gasteiger partial charge in [0.05, 0.1) is 0 Å². The van der Waals surface area contributed by atoms with E-state index < -0.39 is 0 Å². The van der Waals surface area contributed by atoms with E-state index in [1.54, 1.807) is 0 Å². The highest BCUT2D eigenvalue weighted by Crippen LogP contribution is 2.37. The van der Waals surface area contributed by atoms with E-state index in [9.17, 15) is 0 Å². The van der Waals surface area contributed by atoms with Crippen molar-refractivity contribution in [1.29, 1.82) is 0 Å². The predicted octanol–water partition coefficient (Wildman–Crippen LogP) is 12.4. The quantitative estimate of drug-likeness (QED) is 0.165. The Kier molecular flexibility index (Phi) is 8.38. The van der Waals surface area contributed by atoms with Crippen molar-refractivity contribution in [2.24, 2.45) is 4.99 Å². The molecule has 7 aromatic carbocycles. The summed E-state index contributed by atoms with van der Waals surface area (Å²) in [6, 6.07) is 67.8. The fourth-order valence-corrected chi connectivity index (χ4v) is 6.30. The molecule has 0 amide bonds. The van der Waals surface area contributed by atoms with Crippen LogP contribution in [0.5, 0.6) is 0 Å². The average Bonchev–Trinajstić information content (AvgIpc) is 3.20. The third-order valence-corrected chi connectivity index (χ3v) is 8.86. The van der Waals surface area contributed by atoms with Gasteiger partial charge in [0.1, 0.15) is 0 Å². The van der Waals surface area contributed by atoms with Gasteiger partial charge in [0.15, 0.2) is 0 Å². The van der Waals surface area contributed by atoms with E-state index in [0.29, 0.717) is 0 Å². The molecule has 1 unspecified atom stereocenters. The molecule has 3 heteroatoms. The van der Waals surface area contributed by atoms with Gasteiger partial charge in [-0.25, -0.2) is 0 Å². The maximum Gasteiger partial charge on any atom is 0.0462 e. The lowest BCUT2D eigenvalue weighted by Gasteiger charge is -2.33. The number of rotatable bonds is 8. The summed E-state index contributed by atoms with van der Waals surface area (Å²) in [6.07, 6.45) is 2.17. The van der Waals surface area contributed by atoms with Gasteiger partial charge in [-0.2, -0.15) is 0 Å². The Morgan fingerprint density at radius 1 is 0.367 bits per heavy atom. The van der Waals surface area contributed by atoms with Crippen LogP contribution in [-0.2, 0) is 0 Å². The molecule has 1 aliphatic rings. The van der Waals surface area contributed by atoms with Crippen molar-refractivity contribution in [1.82, 2.24) is 0 Å². The molecule has 234 valence electrons. The fraction of sp³-hybridized carbons (Fsp3) is 0.0217. The number of amidine groups is 1. The molecule has 0 fully saturated rings. The summed E-state index contributed by atoms with van der Waals surface area (Å²) in [4.78, 5) is 7.37. The summed E-state index contributed by atoms with van der Waals surface area (Å²) < 4.78 is 0. The second kappa shape index (κ2) is 13.7. The largest absolute Gasteiger partial charge is 0.454 e. The van der Waals surface area contributed by atoms with Crippen molar-refractivity contribution >= 4 is 28.6 Å². The van der Waals surface area contributed by atoms with Crippen molar-refractivity contribution in [2.45, 2.75) is 6.04 Å². The van der Waals surface area contributed by atoms with Gasteiger partial charge in [-0.15, -0.1) is 0 Å². The lowest BCUT2D eigenvalue weighted by molar-refractivity contribution is 1.04. The molecule has 0 spiro atoms. The zero-order valence-electron chi connectivity index (χ0n) is 27.0. The van der Waals surface area contributed by atoms with Gasteiger partial charge in [-0.3, -0.25) is 0 Å². The van der Waals surface area contributed by atoms with Gasteiger partial charge in [-0.05, 0) is 81.0 Å². The minimum absolute atomic E-state index is 0.123. The lowest BCUT2D eigenvalue weighted by atomic mass is 9.98. The third-order valence-electron chi connectivity index (χ3n) is 8.86. The summed E-state index contributed by atoms with van der Waals surface area (Å²) in [5.74, 6) is 0.738. The molecule has 0 aliphatic carbocycles. The molecule has 0 bridgehead atoms. The first kappa shape index (κ1) is 29.9. The van der Waals surface area contributed by atoms with E-state index in [0.717, 1.165) is 56.4 Å². The first-order chi connectivity index (χ1) is 24.3. The van der Waals surface area contributed by atoms with Crippen LogP contribution in [0, 0.1) is 0 Å². The Morgan fingerprint density at radius 3 is 1.29 bits per heavy atom. The molecule has 3 nitrogen and oxygen atoms in total. The fourth-order valence-electron chi connectivity index (χ4n) is 6.30. The van der Waals surface area contributed by atoms with Crippen LogP contribution >= 0.6 is 0 Å². The second-order valence-electron chi connectivity index (χ2n) is 12.0. The summed E-state index contributed by atoms with van der Waals surface area (Å²) in [6.45, 7) is 0. The molecule has 0 saturated heterocycles. The Balaban J connectivity index is 1.07. The normalized spacial score (nSPS) is 13.9. The minimum Gasteiger partial charge on any atom is -0.454 e.